The van der Waals surface area contributed by atoms with Gasteiger partial charge in [0, 0.05) is 24.5 Å². The summed E-state index contributed by atoms with van der Waals surface area (Å²) in [5.74, 6) is -0.125. The van der Waals surface area contributed by atoms with Gasteiger partial charge in [-0.3, -0.25) is 9.78 Å². The Kier molecular flexibility index (Phi) is 2.47. The fourth-order valence-corrected chi connectivity index (χ4v) is 1.91. The van der Waals surface area contributed by atoms with E-state index in [9.17, 15) is 4.79 Å². The zero-order valence-corrected chi connectivity index (χ0v) is 9.87. The molecule has 0 N–H and O–H groups in total. The van der Waals surface area contributed by atoms with E-state index in [1.807, 2.05) is 6.92 Å². The van der Waals surface area contributed by atoms with Crippen LogP contribution in [0.5, 0.6) is 0 Å². The third-order valence-corrected chi connectivity index (χ3v) is 2.87. The molecular formula is C12H11N5O. The smallest absolute Gasteiger partial charge is 0.274 e. The number of amides is 1. The lowest BCUT2D eigenvalue weighted by Gasteiger charge is -2.13. The van der Waals surface area contributed by atoms with E-state index in [1.54, 1.807) is 17.3 Å². The van der Waals surface area contributed by atoms with Crippen LogP contribution in [0.4, 0.5) is 0 Å². The van der Waals surface area contributed by atoms with Gasteiger partial charge >= 0.3 is 0 Å². The maximum Gasteiger partial charge on any atom is 0.274 e. The van der Waals surface area contributed by atoms with E-state index in [4.69, 9.17) is 0 Å². The summed E-state index contributed by atoms with van der Waals surface area (Å²) in [6.07, 6.45) is 6.34. The summed E-state index contributed by atoms with van der Waals surface area (Å²) in [7, 11) is 0. The summed E-state index contributed by atoms with van der Waals surface area (Å²) >= 11 is 0. The monoisotopic (exact) mass is 241 g/mol. The van der Waals surface area contributed by atoms with Gasteiger partial charge in [-0.1, -0.05) is 0 Å². The first-order chi connectivity index (χ1) is 8.74. The number of carbonyl (C=O) groups is 1. The van der Waals surface area contributed by atoms with E-state index in [0.29, 0.717) is 18.8 Å². The van der Waals surface area contributed by atoms with Crippen LogP contribution >= 0.6 is 0 Å². The number of rotatable bonds is 1. The molecule has 2 aromatic rings. The average molecular weight is 241 g/mol. The highest BCUT2D eigenvalue weighted by Crippen LogP contribution is 2.20. The molecule has 6 nitrogen and oxygen atoms in total. The summed E-state index contributed by atoms with van der Waals surface area (Å²) < 4.78 is 0. The number of fused-ring (bicyclic) bond motifs is 1. The normalized spacial score (nSPS) is 13.5. The van der Waals surface area contributed by atoms with E-state index in [-0.39, 0.29) is 5.91 Å². The molecular weight excluding hydrogens is 230 g/mol. The fraction of sp³-hybridized carbons (Fsp3) is 0.250. The summed E-state index contributed by atoms with van der Waals surface area (Å²) in [4.78, 5) is 30.2. The summed E-state index contributed by atoms with van der Waals surface area (Å²) in [5, 5.41) is 0. The molecule has 0 bridgehead atoms. The second-order valence-corrected chi connectivity index (χ2v) is 4.20. The molecule has 1 aliphatic heterocycles. The number of hydrogen-bond donors (Lipinski definition) is 0. The summed E-state index contributed by atoms with van der Waals surface area (Å²) in [5.41, 5.74) is 3.05. The molecule has 18 heavy (non-hydrogen) atoms. The Morgan fingerprint density at radius 3 is 2.78 bits per heavy atom. The highest BCUT2D eigenvalue weighted by Gasteiger charge is 2.26. The van der Waals surface area contributed by atoms with Crippen molar-refractivity contribution in [3.05, 3.63) is 47.6 Å². The molecule has 6 heteroatoms. The lowest BCUT2D eigenvalue weighted by atomic mass is 10.3. The number of aryl methyl sites for hydroxylation is 1. The molecule has 0 aliphatic carbocycles. The van der Waals surface area contributed by atoms with Crippen LogP contribution in [0.15, 0.2) is 24.9 Å². The van der Waals surface area contributed by atoms with Crippen LogP contribution in [0.25, 0.3) is 0 Å². The van der Waals surface area contributed by atoms with Crippen molar-refractivity contribution >= 4 is 5.91 Å². The Hall–Kier alpha value is -2.37. The molecule has 1 aliphatic rings. The van der Waals surface area contributed by atoms with Crippen molar-refractivity contribution in [3.63, 3.8) is 0 Å². The molecule has 0 atom stereocenters. The largest absolute Gasteiger partial charge is 0.327 e. The van der Waals surface area contributed by atoms with Crippen LogP contribution < -0.4 is 0 Å². The standard InChI is InChI=1S/C12H11N5O/c1-8-2-15-10(4-14-8)12(18)17-5-9-3-13-7-16-11(9)6-17/h2-4,7H,5-6H2,1H3. The van der Waals surface area contributed by atoms with Crippen LogP contribution in [0, 0.1) is 6.92 Å². The van der Waals surface area contributed by atoms with Gasteiger partial charge < -0.3 is 4.90 Å². The van der Waals surface area contributed by atoms with E-state index in [2.05, 4.69) is 19.9 Å². The summed E-state index contributed by atoms with van der Waals surface area (Å²) in [6.45, 7) is 2.87. The summed E-state index contributed by atoms with van der Waals surface area (Å²) in [6, 6.07) is 0. The van der Waals surface area contributed by atoms with E-state index >= 15 is 0 Å². The predicted molar refractivity (Wildman–Crippen MR) is 62.4 cm³/mol. The predicted octanol–water partition coefficient (Wildman–Crippen LogP) is 0.731. The lowest BCUT2D eigenvalue weighted by Crippen LogP contribution is -2.26. The highest BCUT2D eigenvalue weighted by molar-refractivity contribution is 5.92. The molecule has 90 valence electrons. The zero-order chi connectivity index (χ0) is 12.5. The van der Waals surface area contributed by atoms with E-state index in [0.717, 1.165) is 17.0 Å². The van der Waals surface area contributed by atoms with Crippen molar-refractivity contribution in [2.45, 2.75) is 20.0 Å². The molecule has 0 unspecified atom stereocenters. The Morgan fingerprint density at radius 1 is 1.17 bits per heavy atom. The quantitative estimate of drug-likeness (QED) is 0.736. The number of nitrogens with zero attached hydrogens (tertiary/aromatic N) is 5. The van der Waals surface area contributed by atoms with Gasteiger partial charge in [0.25, 0.3) is 5.91 Å². The van der Waals surface area contributed by atoms with Crippen molar-refractivity contribution in [1.29, 1.82) is 0 Å². The molecule has 0 radical (unpaired) electrons. The van der Waals surface area contributed by atoms with Crippen molar-refractivity contribution in [3.8, 4) is 0 Å². The SMILES string of the molecule is Cc1cnc(C(=O)N2Cc3cncnc3C2)cn1. The van der Waals surface area contributed by atoms with E-state index in [1.165, 1.54) is 12.5 Å². The fourth-order valence-electron chi connectivity index (χ4n) is 1.91. The minimum Gasteiger partial charge on any atom is -0.327 e. The van der Waals surface area contributed by atoms with Crippen molar-refractivity contribution in [2.75, 3.05) is 0 Å². The minimum absolute atomic E-state index is 0.125. The maximum absolute atomic E-state index is 12.2. The molecule has 0 saturated heterocycles. The molecule has 0 fully saturated rings. The van der Waals surface area contributed by atoms with Gasteiger partial charge in [0.1, 0.15) is 12.0 Å². The Bertz CT molecular complexity index is 571. The van der Waals surface area contributed by atoms with Crippen LogP contribution in [0.1, 0.15) is 27.4 Å². The van der Waals surface area contributed by atoms with Crippen LogP contribution in [0.2, 0.25) is 0 Å². The number of hydrogen-bond acceptors (Lipinski definition) is 5. The van der Waals surface area contributed by atoms with Gasteiger partial charge in [-0.05, 0) is 6.92 Å². The topological polar surface area (TPSA) is 71.9 Å². The van der Waals surface area contributed by atoms with Crippen molar-refractivity contribution in [1.82, 2.24) is 24.8 Å². The zero-order valence-electron chi connectivity index (χ0n) is 9.87. The van der Waals surface area contributed by atoms with Gasteiger partial charge in [0.05, 0.1) is 24.1 Å². The van der Waals surface area contributed by atoms with Gasteiger partial charge in [-0.15, -0.1) is 0 Å². The van der Waals surface area contributed by atoms with E-state index < -0.39 is 0 Å². The molecule has 3 heterocycles. The van der Waals surface area contributed by atoms with Crippen LogP contribution in [-0.4, -0.2) is 30.7 Å². The van der Waals surface area contributed by atoms with Gasteiger partial charge in [-0.2, -0.15) is 0 Å². The van der Waals surface area contributed by atoms with Crippen molar-refractivity contribution in [2.24, 2.45) is 0 Å². The second kappa shape index (κ2) is 4.14. The molecule has 3 rings (SSSR count). The molecule has 2 aromatic heterocycles. The Morgan fingerprint density at radius 2 is 2.06 bits per heavy atom. The first kappa shape index (κ1) is 10.8. The average Bonchev–Trinajstić information content (AvgIpc) is 2.82. The maximum atomic E-state index is 12.2. The first-order valence-corrected chi connectivity index (χ1v) is 5.60. The molecule has 0 aromatic carbocycles. The number of carbonyl (C=O) groups excluding carboxylic acids is 1. The molecule has 0 spiro atoms. The number of aromatic nitrogens is 4. The second-order valence-electron chi connectivity index (χ2n) is 4.20. The Balaban J connectivity index is 1.82. The lowest BCUT2D eigenvalue weighted by molar-refractivity contribution is 0.0744. The Labute approximate surface area is 104 Å². The van der Waals surface area contributed by atoms with Crippen LogP contribution in [-0.2, 0) is 13.1 Å². The van der Waals surface area contributed by atoms with Gasteiger partial charge in [-0.25, -0.2) is 15.0 Å². The van der Waals surface area contributed by atoms with Gasteiger partial charge in [0.2, 0.25) is 0 Å². The van der Waals surface area contributed by atoms with Crippen molar-refractivity contribution < 1.29 is 4.79 Å². The third-order valence-electron chi connectivity index (χ3n) is 2.87. The van der Waals surface area contributed by atoms with Gasteiger partial charge in [0.15, 0.2) is 0 Å². The molecule has 0 saturated carbocycles. The molecule has 1 amide bonds. The third kappa shape index (κ3) is 1.81. The first-order valence-electron chi connectivity index (χ1n) is 5.60. The van der Waals surface area contributed by atoms with Crippen LogP contribution in [0.3, 0.4) is 0 Å². The highest BCUT2D eigenvalue weighted by atomic mass is 16.2. The minimum atomic E-state index is -0.125.